The molecule has 0 bridgehead atoms. The van der Waals surface area contributed by atoms with Crippen molar-refractivity contribution in [1.29, 1.82) is 0 Å². The zero-order chi connectivity index (χ0) is 14.9. The van der Waals surface area contributed by atoms with Crippen LogP contribution in [-0.2, 0) is 29.3 Å². The van der Waals surface area contributed by atoms with Crippen molar-refractivity contribution in [2.75, 3.05) is 11.3 Å². The minimum absolute atomic E-state index is 0.339. The number of nitrogens with one attached hydrogen (secondary N) is 1. The molecule has 0 unspecified atom stereocenters. The summed E-state index contributed by atoms with van der Waals surface area (Å²) in [7, 11) is -3.50. The van der Waals surface area contributed by atoms with Gasteiger partial charge in [0.2, 0.25) is 0 Å². The maximum atomic E-state index is 12.4. The Morgan fingerprint density at radius 2 is 1.95 bits per heavy atom. The van der Waals surface area contributed by atoms with Crippen molar-refractivity contribution in [2.24, 2.45) is 5.73 Å². The summed E-state index contributed by atoms with van der Waals surface area (Å²) in [6.07, 6.45) is 3.98. The molecule has 1 aliphatic rings. The van der Waals surface area contributed by atoms with E-state index >= 15 is 0 Å². The van der Waals surface area contributed by atoms with Crippen LogP contribution in [-0.4, -0.2) is 15.0 Å². The Labute approximate surface area is 129 Å². The van der Waals surface area contributed by atoms with Gasteiger partial charge >= 0.3 is 0 Å². The van der Waals surface area contributed by atoms with Gasteiger partial charge in [0.25, 0.3) is 10.0 Å². The summed E-state index contributed by atoms with van der Waals surface area (Å²) in [6, 6.07) is 9.29. The molecule has 21 heavy (non-hydrogen) atoms. The summed E-state index contributed by atoms with van der Waals surface area (Å²) in [5.41, 5.74) is 8.73. The third kappa shape index (κ3) is 3.12. The quantitative estimate of drug-likeness (QED) is 0.888. The number of nitrogens with two attached hydrogens (primary N) is 1. The number of rotatable bonds is 5. The first kappa shape index (κ1) is 14.6. The van der Waals surface area contributed by atoms with E-state index in [0.717, 1.165) is 24.1 Å². The van der Waals surface area contributed by atoms with Crippen LogP contribution in [0.3, 0.4) is 0 Å². The van der Waals surface area contributed by atoms with Gasteiger partial charge in [-0.25, -0.2) is 8.42 Å². The summed E-state index contributed by atoms with van der Waals surface area (Å²) >= 11 is 1.28. The minimum atomic E-state index is -3.50. The van der Waals surface area contributed by atoms with E-state index in [2.05, 4.69) is 4.72 Å². The van der Waals surface area contributed by atoms with Crippen molar-refractivity contribution in [1.82, 2.24) is 0 Å². The number of anilines is 1. The normalized spacial score (nSPS) is 14.1. The number of fused-ring (bicyclic) bond motifs is 1. The molecule has 0 amide bonds. The molecule has 0 saturated carbocycles. The van der Waals surface area contributed by atoms with Gasteiger partial charge in [-0.3, -0.25) is 4.72 Å². The van der Waals surface area contributed by atoms with Crippen LogP contribution in [0.5, 0.6) is 0 Å². The highest BCUT2D eigenvalue weighted by atomic mass is 32.2. The van der Waals surface area contributed by atoms with Gasteiger partial charge in [0.05, 0.1) is 0 Å². The van der Waals surface area contributed by atoms with Gasteiger partial charge in [-0.1, -0.05) is 6.07 Å². The maximum Gasteiger partial charge on any atom is 0.271 e. The second-order valence-corrected chi connectivity index (χ2v) is 8.28. The van der Waals surface area contributed by atoms with E-state index in [1.54, 1.807) is 6.07 Å². The van der Waals surface area contributed by atoms with Crippen molar-refractivity contribution < 1.29 is 8.42 Å². The van der Waals surface area contributed by atoms with Gasteiger partial charge in [0.15, 0.2) is 0 Å². The van der Waals surface area contributed by atoms with Crippen LogP contribution >= 0.6 is 11.3 Å². The van der Waals surface area contributed by atoms with Crippen LogP contribution in [0.1, 0.15) is 22.4 Å². The molecule has 0 spiro atoms. The van der Waals surface area contributed by atoms with Crippen LogP contribution in [0, 0.1) is 0 Å². The van der Waals surface area contributed by atoms with Crippen LogP contribution in [0.25, 0.3) is 0 Å². The van der Waals surface area contributed by atoms with Crippen molar-refractivity contribution in [3.05, 3.63) is 46.3 Å². The Morgan fingerprint density at radius 1 is 1.14 bits per heavy atom. The topological polar surface area (TPSA) is 72.2 Å². The molecule has 1 heterocycles. The summed E-state index contributed by atoms with van der Waals surface area (Å²) < 4.78 is 27.8. The van der Waals surface area contributed by atoms with E-state index in [1.807, 2.05) is 24.3 Å². The van der Waals surface area contributed by atoms with Gasteiger partial charge in [0.1, 0.15) is 4.21 Å². The number of benzene rings is 1. The van der Waals surface area contributed by atoms with Crippen molar-refractivity contribution in [3.8, 4) is 0 Å². The first-order valence-electron chi connectivity index (χ1n) is 7.02. The van der Waals surface area contributed by atoms with Crippen LogP contribution in [0.15, 0.2) is 34.5 Å². The summed E-state index contributed by atoms with van der Waals surface area (Å²) in [5, 5.41) is 0. The molecule has 0 saturated heterocycles. The van der Waals surface area contributed by atoms with Gasteiger partial charge in [-0.2, -0.15) is 0 Å². The average Bonchev–Trinajstić information content (AvgIpc) is 3.07. The van der Waals surface area contributed by atoms with E-state index in [1.165, 1.54) is 22.5 Å². The predicted octanol–water partition coefficient (Wildman–Crippen LogP) is 2.54. The first-order valence-corrected chi connectivity index (χ1v) is 9.32. The van der Waals surface area contributed by atoms with Gasteiger partial charge in [0, 0.05) is 10.6 Å². The van der Waals surface area contributed by atoms with E-state index in [-0.39, 0.29) is 0 Å². The summed E-state index contributed by atoms with van der Waals surface area (Å²) in [6.45, 7) is 0.526. The molecule has 1 aromatic heterocycles. The molecule has 1 aromatic carbocycles. The molecule has 0 fully saturated rings. The number of hydrogen-bond donors (Lipinski definition) is 2. The predicted molar refractivity (Wildman–Crippen MR) is 86.4 cm³/mol. The molecule has 0 aliphatic heterocycles. The van der Waals surface area contributed by atoms with Gasteiger partial charge in [-0.05, 0) is 67.6 Å². The lowest BCUT2D eigenvalue weighted by atomic mass is 10.1. The number of hydrogen-bond acceptors (Lipinski definition) is 4. The van der Waals surface area contributed by atoms with Crippen molar-refractivity contribution >= 4 is 27.0 Å². The molecule has 112 valence electrons. The van der Waals surface area contributed by atoms with E-state index in [4.69, 9.17) is 5.73 Å². The third-order valence-electron chi connectivity index (χ3n) is 3.64. The molecular weight excluding hydrogens is 304 g/mol. The molecule has 6 heteroatoms. The standard InChI is InChI=1S/C15H18N2O2S2/c16-9-8-14-6-7-15(20-14)21(18,19)17-13-5-4-11-2-1-3-12(11)10-13/h4-7,10,17H,1-3,8-9,16H2. The fraction of sp³-hybridized carbons (Fsp3) is 0.333. The largest absolute Gasteiger partial charge is 0.330 e. The highest BCUT2D eigenvalue weighted by molar-refractivity contribution is 7.94. The fourth-order valence-electron chi connectivity index (χ4n) is 2.62. The molecule has 4 nitrogen and oxygen atoms in total. The zero-order valence-electron chi connectivity index (χ0n) is 11.6. The highest BCUT2D eigenvalue weighted by Crippen LogP contribution is 2.28. The van der Waals surface area contributed by atoms with E-state index < -0.39 is 10.0 Å². The number of sulfonamides is 1. The smallest absolute Gasteiger partial charge is 0.271 e. The van der Waals surface area contributed by atoms with Crippen LogP contribution in [0.4, 0.5) is 5.69 Å². The van der Waals surface area contributed by atoms with Crippen LogP contribution in [0.2, 0.25) is 0 Å². The number of aryl methyl sites for hydroxylation is 2. The zero-order valence-corrected chi connectivity index (χ0v) is 13.3. The SMILES string of the molecule is NCCc1ccc(S(=O)(=O)Nc2ccc3c(c2)CCC3)s1. The Morgan fingerprint density at radius 3 is 2.76 bits per heavy atom. The molecule has 2 aromatic rings. The Balaban J connectivity index is 1.82. The maximum absolute atomic E-state index is 12.4. The molecule has 1 aliphatic carbocycles. The lowest BCUT2D eigenvalue weighted by molar-refractivity contribution is 0.603. The lowest BCUT2D eigenvalue weighted by Gasteiger charge is -2.08. The van der Waals surface area contributed by atoms with Gasteiger partial charge < -0.3 is 5.73 Å². The third-order valence-corrected chi connectivity index (χ3v) is 6.66. The van der Waals surface area contributed by atoms with Crippen molar-refractivity contribution in [2.45, 2.75) is 29.9 Å². The second-order valence-electron chi connectivity index (χ2n) is 5.20. The highest BCUT2D eigenvalue weighted by Gasteiger charge is 2.18. The monoisotopic (exact) mass is 322 g/mol. The van der Waals surface area contributed by atoms with Crippen LogP contribution < -0.4 is 10.5 Å². The molecule has 3 N–H and O–H groups in total. The summed E-state index contributed by atoms with van der Waals surface area (Å²) in [4.78, 5) is 0.992. The van der Waals surface area contributed by atoms with Gasteiger partial charge in [-0.15, -0.1) is 11.3 Å². The molecule has 3 rings (SSSR count). The fourth-order valence-corrected chi connectivity index (χ4v) is 5.04. The molecule has 0 radical (unpaired) electrons. The van der Waals surface area contributed by atoms with E-state index in [9.17, 15) is 8.42 Å². The second kappa shape index (κ2) is 5.79. The van der Waals surface area contributed by atoms with Crippen molar-refractivity contribution in [3.63, 3.8) is 0 Å². The first-order chi connectivity index (χ1) is 10.1. The number of thiophene rings is 1. The Hall–Kier alpha value is -1.37. The summed E-state index contributed by atoms with van der Waals surface area (Å²) in [5.74, 6) is 0. The Bertz CT molecular complexity index is 751. The van der Waals surface area contributed by atoms with E-state index in [0.29, 0.717) is 22.9 Å². The Kier molecular flexibility index (Phi) is 4.01. The minimum Gasteiger partial charge on any atom is -0.330 e. The molecule has 0 atom stereocenters. The lowest BCUT2D eigenvalue weighted by Crippen LogP contribution is -2.11. The average molecular weight is 322 g/mol. The molecular formula is C15H18N2O2S2.